The Labute approximate surface area is 98.5 Å². The standard InChI is InChI=1S/C11H25N5/c1-2-12-4-6-14-8-10-16-11-9-15-7-5-13-3-1/h2,13-16H,1,3-11H2/b12-2+. The maximum absolute atomic E-state index is 4.34. The normalized spacial score (nSPS) is 25.0. The van der Waals surface area contributed by atoms with Crippen LogP contribution in [-0.4, -0.2) is 65.1 Å². The van der Waals surface area contributed by atoms with Crippen molar-refractivity contribution in [1.29, 1.82) is 0 Å². The summed E-state index contributed by atoms with van der Waals surface area (Å²) in [5.74, 6) is 0. The van der Waals surface area contributed by atoms with Gasteiger partial charge in [-0.1, -0.05) is 0 Å². The van der Waals surface area contributed by atoms with E-state index < -0.39 is 0 Å². The molecule has 16 heavy (non-hydrogen) atoms. The highest BCUT2D eigenvalue weighted by Crippen LogP contribution is 1.74. The first-order valence-corrected chi connectivity index (χ1v) is 6.31. The average molecular weight is 227 g/mol. The Balaban J connectivity index is 2.07. The van der Waals surface area contributed by atoms with E-state index in [1.165, 1.54) is 0 Å². The molecule has 1 heterocycles. The summed E-state index contributed by atoms with van der Waals surface area (Å²) in [5, 5.41) is 13.5. The van der Waals surface area contributed by atoms with E-state index in [4.69, 9.17) is 0 Å². The van der Waals surface area contributed by atoms with E-state index in [1.807, 2.05) is 6.21 Å². The molecule has 0 aliphatic carbocycles. The van der Waals surface area contributed by atoms with Crippen LogP contribution in [0.3, 0.4) is 0 Å². The highest BCUT2D eigenvalue weighted by Gasteiger charge is 1.90. The molecular formula is C11H25N5. The summed E-state index contributed by atoms with van der Waals surface area (Å²) in [7, 11) is 0. The van der Waals surface area contributed by atoms with Crippen LogP contribution in [0.2, 0.25) is 0 Å². The molecule has 5 heteroatoms. The van der Waals surface area contributed by atoms with Gasteiger partial charge in [0.15, 0.2) is 0 Å². The Bertz CT molecular complexity index is 154. The summed E-state index contributed by atoms with van der Waals surface area (Å²) in [4.78, 5) is 4.34. The fourth-order valence-corrected chi connectivity index (χ4v) is 1.52. The van der Waals surface area contributed by atoms with E-state index in [0.717, 1.165) is 65.3 Å². The number of aliphatic imine (C=N–C) groups is 1. The smallest absolute Gasteiger partial charge is 0.0510 e. The number of nitrogens with one attached hydrogen (secondary N) is 4. The second kappa shape index (κ2) is 11.0. The zero-order chi connectivity index (χ0) is 11.3. The third-order valence-corrected chi connectivity index (χ3v) is 2.43. The third-order valence-electron chi connectivity index (χ3n) is 2.43. The molecule has 0 bridgehead atoms. The van der Waals surface area contributed by atoms with Gasteiger partial charge in [0.25, 0.3) is 0 Å². The van der Waals surface area contributed by atoms with Crippen molar-refractivity contribution in [2.24, 2.45) is 4.99 Å². The van der Waals surface area contributed by atoms with E-state index in [0.29, 0.717) is 0 Å². The monoisotopic (exact) mass is 227 g/mol. The van der Waals surface area contributed by atoms with Crippen LogP contribution in [0.5, 0.6) is 0 Å². The van der Waals surface area contributed by atoms with E-state index in [2.05, 4.69) is 26.3 Å². The Morgan fingerprint density at radius 3 is 1.75 bits per heavy atom. The Morgan fingerprint density at radius 2 is 1.12 bits per heavy atom. The van der Waals surface area contributed by atoms with Crippen LogP contribution in [0, 0.1) is 0 Å². The molecular weight excluding hydrogens is 202 g/mol. The SMILES string of the molecule is C1=N/CCNCCNCCNCCNCC/1. The molecule has 94 valence electrons. The molecule has 0 spiro atoms. The first kappa shape index (κ1) is 13.6. The van der Waals surface area contributed by atoms with Gasteiger partial charge in [-0.05, 0) is 12.6 Å². The molecule has 5 nitrogen and oxygen atoms in total. The summed E-state index contributed by atoms with van der Waals surface area (Å²) in [5.41, 5.74) is 0. The lowest BCUT2D eigenvalue weighted by atomic mass is 10.4. The summed E-state index contributed by atoms with van der Waals surface area (Å²) < 4.78 is 0. The summed E-state index contributed by atoms with van der Waals surface area (Å²) in [6.45, 7) is 9.11. The van der Waals surface area contributed by atoms with Crippen LogP contribution in [0.15, 0.2) is 4.99 Å². The van der Waals surface area contributed by atoms with Gasteiger partial charge in [-0.3, -0.25) is 4.99 Å². The molecule has 0 fully saturated rings. The van der Waals surface area contributed by atoms with Crippen molar-refractivity contribution in [3.05, 3.63) is 0 Å². The number of hydrogen-bond donors (Lipinski definition) is 4. The predicted molar refractivity (Wildman–Crippen MR) is 69.5 cm³/mol. The minimum Gasteiger partial charge on any atom is -0.315 e. The minimum atomic E-state index is 0.890. The van der Waals surface area contributed by atoms with E-state index >= 15 is 0 Å². The van der Waals surface area contributed by atoms with Gasteiger partial charge in [-0.15, -0.1) is 0 Å². The maximum Gasteiger partial charge on any atom is 0.0510 e. The second-order valence-corrected chi connectivity index (χ2v) is 3.88. The van der Waals surface area contributed by atoms with Gasteiger partial charge < -0.3 is 21.3 Å². The number of nitrogens with zero attached hydrogens (tertiary/aromatic N) is 1. The van der Waals surface area contributed by atoms with Crippen LogP contribution >= 0.6 is 0 Å². The quantitative estimate of drug-likeness (QED) is 0.421. The molecule has 0 radical (unpaired) electrons. The van der Waals surface area contributed by atoms with Crippen molar-refractivity contribution < 1.29 is 0 Å². The fourth-order valence-electron chi connectivity index (χ4n) is 1.52. The lowest BCUT2D eigenvalue weighted by molar-refractivity contribution is 0.568. The van der Waals surface area contributed by atoms with Crippen LogP contribution < -0.4 is 21.3 Å². The lowest BCUT2D eigenvalue weighted by Crippen LogP contribution is -2.35. The van der Waals surface area contributed by atoms with Crippen molar-refractivity contribution in [2.75, 3.05) is 58.9 Å². The van der Waals surface area contributed by atoms with Gasteiger partial charge >= 0.3 is 0 Å². The van der Waals surface area contributed by atoms with Gasteiger partial charge in [-0.2, -0.15) is 0 Å². The molecule has 0 atom stereocenters. The minimum absolute atomic E-state index is 0.890. The highest BCUT2D eigenvalue weighted by molar-refractivity contribution is 5.57. The summed E-state index contributed by atoms with van der Waals surface area (Å²) >= 11 is 0. The van der Waals surface area contributed by atoms with Crippen LogP contribution in [0.4, 0.5) is 0 Å². The lowest BCUT2D eigenvalue weighted by Gasteiger charge is -2.08. The third kappa shape index (κ3) is 8.79. The van der Waals surface area contributed by atoms with Crippen molar-refractivity contribution >= 4 is 6.21 Å². The van der Waals surface area contributed by atoms with E-state index in [1.54, 1.807) is 0 Å². The van der Waals surface area contributed by atoms with Crippen molar-refractivity contribution in [2.45, 2.75) is 6.42 Å². The van der Waals surface area contributed by atoms with E-state index in [9.17, 15) is 0 Å². The Morgan fingerprint density at radius 1 is 0.625 bits per heavy atom. The highest BCUT2D eigenvalue weighted by atomic mass is 15.0. The van der Waals surface area contributed by atoms with Crippen molar-refractivity contribution in [1.82, 2.24) is 21.3 Å². The average Bonchev–Trinajstić information content (AvgIpc) is 2.29. The van der Waals surface area contributed by atoms with Crippen LogP contribution in [-0.2, 0) is 0 Å². The largest absolute Gasteiger partial charge is 0.315 e. The first-order valence-electron chi connectivity index (χ1n) is 6.31. The molecule has 1 aliphatic rings. The Hall–Kier alpha value is -0.490. The van der Waals surface area contributed by atoms with Crippen molar-refractivity contribution in [3.8, 4) is 0 Å². The molecule has 0 unspecified atom stereocenters. The van der Waals surface area contributed by atoms with Gasteiger partial charge in [0.2, 0.25) is 0 Å². The summed E-state index contributed by atoms with van der Waals surface area (Å²) in [6.07, 6.45) is 3.05. The summed E-state index contributed by atoms with van der Waals surface area (Å²) in [6, 6.07) is 0. The first-order chi connectivity index (χ1) is 8.00. The van der Waals surface area contributed by atoms with Crippen LogP contribution in [0.1, 0.15) is 6.42 Å². The van der Waals surface area contributed by atoms with E-state index in [-0.39, 0.29) is 0 Å². The molecule has 0 aromatic carbocycles. The van der Waals surface area contributed by atoms with Crippen molar-refractivity contribution in [3.63, 3.8) is 0 Å². The predicted octanol–water partition coefficient (Wildman–Crippen LogP) is -1.18. The topological polar surface area (TPSA) is 60.5 Å². The molecule has 1 aliphatic heterocycles. The Kier molecular flexibility index (Phi) is 9.34. The molecule has 4 N–H and O–H groups in total. The van der Waals surface area contributed by atoms with Gasteiger partial charge in [0, 0.05) is 52.4 Å². The fraction of sp³-hybridized carbons (Fsp3) is 0.909. The van der Waals surface area contributed by atoms with Crippen LogP contribution in [0.25, 0.3) is 0 Å². The number of rotatable bonds is 0. The molecule has 0 saturated heterocycles. The molecule has 0 aromatic heterocycles. The number of hydrogen-bond acceptors (Lipinski definition) is 5. The van der Waals surface area contributed by atoms with Gasteiger partial charge in [-0.25, -0.2) is 0 Å². The van der Waals surface area contributed by atoms with Gasteiger partial charge in [0.05, 0.1) is 6.54 Å². The zero-order valence-corrected chi connectivity index (χ0v) is 10.1. The second-order valence-electron chi connectivity index (χ2n) is 3.88. The molecule has 1 rings (SSSR count). The molecule has 0 amide bonds. The maximum atomic E-state index is 4.34. The zero-order valence-electron chi connectivity index (χ0n) is 10.1. The van der Waals surface area contributed by atoms with Gasteiger partial charge in [0.1, 0.15) is 0 Å². The molecule has 0 saturated carbocycles. The molecule has 0 aromatic rings.